The molecular formula is C6H4ClN2OSi. The summed E-state index contributed by atoms with van der Waals surface area (Å²) in [6, 6.07) is 1.60. The number of primary amides is 1. The van der Waals surface area contributed by atoms with E-state index in [2.05, 4.69) is 15.2 Å². The van der Waals surface area contributed by atoms with Gasteiger partial charge in [-0.1, -0.05) is 16.8 Å². The summed E-state index contributed by atoms with van der Waals surface area (Å²) in [6.45, 7) is 0. The van der Waals surface area contributed by atoms with Crippen molar-refractivity contribution < 1.29 is 4.79 Å². The summed E-state index contributed by atoms with van der Waals surface area (Å²) in [4.78, 5) is 14.4. The van der Waals surface area contributed by atoms with E-state index < -0.39 is 5.91 Å². The molecule has 1 rings (SSSR count). The second-order valence-electron chi connectivity index (χ2n) is 1.89. The Morgan fingerprint density at radius 1 is 1.73 bits per heavy atom. The lowest BCUT2D eigenvalue weighted by molar-refractivity contribution is 0.100. The Hall–Kier alpha value is -0.873. The monoisotopic (exact) mass is 183 g/mol. The maximum Gasteiger partial charge on any atom is 0.251 e. The van der Waals surface area contributed by atoms with Crippen LogP contribution in [0.2, 0.25) is 5.15 Å². The lowest BCUT2D eigenvalue weighted by Gasteiger charge is -2.00. The van der Waals surface area contributed by atoms with E-state index in [0.29, 0.717) is 5.19 Å². The van der Waals surface area contributed by atoms with Crippen molar-refractivity contribution >= 4 is 32.9 Å². The molecule has 1 heterocycles. The third-order valence-electron chi connectivity index (χ3n) is 1.15. The van der Waals surface area contributed by atoms with Crippen LogP contribution in [0.4, 0.5) is 0 Å². The van der Waals surface area contributed by atoms with Crippen LogP contribution >= 0.6 is 11.6 Å². The average Bonchev–Trinajstić information content (AvgIpc) is 1.85. The van der Waals surface area contributed by atoms with E-state index in [0.717, 1.165) is 0 Å². The van der Waals surface area contributed by atoms with Gasteiger partial charge in [0.05, 0.1) is 15.8 Å². The Labute approximate surface area is 72.0 Å². The van der Waals surface area contributed by atoms with Crippen LogP contribution < -0.4 is 10.9 Å². The minimum atomic E-state index is -0.590. The Bertz CT molecular complexity index is 282. The molecule has 0 fully saturated rings. The van der Waals surface area contributed by atoms with Crippen LogP contribution in [0.5, 0.6) is 0 Å². The van der Waals surface area contributed by atoms with Gasteiger partial charge in [0.15, 0.2) is 0 Å². The van der Waals surface area contributed by atoms with Crippen LogP contribution in [0.3, 0.4) is 0 Å². The smallest absolute Gasteiger partial charge is 0.251 e. The number of nitrogens with two attached hydrogens (primary N) is 1. The first kappa shape index (κ1) is 8.23. The number of hydrogen-bond donors (Lipinski definition) is 1. The third-order valence-corrected chi connectivity index (χ3v) is 1.85. The minimum absolute atomic E-state index is 0.116. The van der Waals surface area contributed by atoms with Crippen molar-refractivity contribution in [2.45, 2.75) is 0 Å². The molecule has 3 nitrogen and oxygen atoms in total. The molecule has 0 saturated carbocycles. The van der Waals surface area contributed by atoms with Crippen molar-refractivity contribution in [3.63, 3.8) is 0 Å². The molecule has 11 heavy (non-hydrogen) atoms. The number of halogens is 1. The van der Waals surface area contributed by atoms with Gasteiger partial charge in [0.25, 0.3) is 5.91 Å². The van der Waals surface area contributed by atoms with Gasteiger partial charge in [-0.3, -0.25) is 4.79 Å². The number of nitrogens with zero attached hydrogens (tertiary/aromatic N) is 1. The second-order valence-corrected chi connectivity index (χ2v) is 2.79. The molecular weight excluding hydrogens is 180 g/mol. The first-order valence-corrected chi connectivity index (χ1v) is 3.66. The molecule has 0 spiro atoms. The van der Waals surface area contributed by atoms with Crippen LogP contribution in [0.25, 0.3) is 0 Å². The SMILES string of the molecule is NC(=O)c1c([Si])ccnc1Cl. The third kappa shape index (κ3) is 1.58. The molecule has 0 aliphatic heterocycles. The fourth-order valence-electron chi connectivity index (χ4n) is 0.671. The highest BCUT2D eigenvalue weighted by Gasteiger charge is 2.09. The molecule has 0 bridgehead atoms. The highest BCUT2D eigenvalue weighted by Crippen LogP contribution is 2.07. The lowest BCUT2D eigenvalue weighted by atomic mass is 10.3. The zero-order valence-electron chi connectivity index (χ0n) is 5.47. The molecule has 0 aliphatic carbocycles. The maximum absolute atomic E-state index is 10.7. The van der Waals surface area contributed by atoms with Crippen LogP contribution in [-0.4, -0.2) is 21.1 Å². The predicted octanol–water partition coefficient (Wildman–Crippen LogP) is -0.372. The Morgan fingerprint density at radius 2 is 2.36 bits per heavy atom. The van der Waals surface area contributed by atoms with Crippen LogP contribution in [0.1, 0.15) is 10.4 Å². The van der Waals surface area contributed by atoms with Gasteiger partial charge in [0.2, 0.25) is 0 Å². The van der Waals surface area contributed by atoms with Gasteiger partial charge in [0, 0.05) is 6.20 Å². The topological polar surface area (TPSA) is 56.0 Å². The summed E-state index contributed by atoms with van der Waals surface area (Å²) in [7, 11) is 3.17. The minimum Gasteiger partial charge on any atom is -0.366 e. The van der Waals surface area contributed by atoms with E-state index in [4.69, 9.17) is 17.3 Å². The predicted molar refractivity (Wildman–Crippen MR) is 43.2 cm³/mol. The quantitative estimate of drug-likeness (QED) is 0.477. The van der Waals surface area contributed by atoms with E-state index in [1.807, 2.05) is 0 Å². The first-order chi connectivity index (χ1) is 5.13. The number of hydrogen-bond acceptors (Lipinski definition) is 2. The van der Waals surface area contributed by atoms with Crippen LogP contribution in [-0.2, 0) is 0 Å². The number of carbonyl (C=O) groups is 1. The molecule has 3 radical (unpaired) electrons. The lowest BCUT2D eigenvalue weighted by Crippen LogP contribution is -2.23. The summed E-state index contributed by atoms with van der Waals surface area (Å²) in [6.07, 6.45) is 1.48. The maximum atomic E-state index is 10.7. The summed E-state index contributed by atoms with van der Waals surface area (Å²) in [5.74, 6) is -0.590. The molecule has 5 heteroatoms. The number of rotatable bonds is 1. The molecule has 0 unspecified atom stereocenters. The molecule has 0 saturated heterocycles. The van der Waals surface area contributed by atoms with Crippen molar-refractivity contribution in [2.24, 2.45) is 5.73 Å². The summed E-state index contributed by atoms with van der Waals surface area (Å²) >= 11 is 5.58. The number of carbonyl (C=O) groups excluding carboxylic acids is 1. The van der Waals surface area contributed by atoms with Crippen LogP contribution in [0.15, 0.2) is 12.3 Å². The van der Waals surface area contributed by atoms with Gasteiger partial charge in [-0.25, -0.2) is 4.98 Å². The van der Waals surface area contributed by atoms with E-state index in [9.17, 15) is 4.79 Å². The standard InChI is InChI=1S/C6H4ClN2OSi/c7-5-4(6(8)10)3(11)1-2-9-5/h1-2H,(H2,8,10). The van der Waals surface area contributed by atoms with Gasteiger partial charge in [0.1, 0.15) is 5.15 Å². The zero-order valence-corrected chi connectivity index (χ0v) is 7.22. The van der Waals surface area contributed by atoms with E-state index in [1.54, 1.807) is 6.07 Å². The Morgan fingerprint density at radius 3 is 2.73 bits per heavy atom. The molecule has 1 aromatic heterocycles. The summed E-state index contributed by atoms with van der Waals surface area (Å²) in [5, 5.41) is 0.669. The highest BCUT2D eigenvalue weighted by atomic mass is 35.5. The van der Waals surface area contributed by atoms with Gasteiger partial charge in [-0.2, -0.15) is 0 Å². The highest BCUT2D eigenvalue weighted by molar-refractivity contribution is 6.41. The van der Waals surface area contributed by atoms with Gasteiger partial charge >= 0.3 is 0 Å². The number of aromatic nitrogens is 1. The fourth-order valence-corrected chi connectivity index (χ4v) is 1.32. The van der Waals surface area contributed by atoms with E-state index in [1.165, 1.54) is 6.20 Å². The van der Waals surface area contributed by atoms with Crippen molar-refractivity contribution in [2.75, 3.05) is 0 Å². The first-order valence-electron chi connectivity index (χ1n) is 2.79. The van der Waals surface area contributed by atoms with E-state index >= 15 is 0 Å². The van der Waals surface area contributed by atoms with Gasteiger partial charge in [-0.15, -0.1) is 0 Å². The zero-order chi connectivity index (χ0) is 8.43. The number of amides is 1. The largest absolute Gasteiger partial charge is 0.366 e. The molecule has 55 valence electrons. The van der Waals surface area contributed by atoms with Crippen molar-refractivity contribution in [1.29, 1.82) is 0 Å². The molecule has 0 atom stereocenters. The van der Waals surface area contributed by atoms with E-state index in [-0.39, 0.29) is 10.7 Å². The fraction of sp³-hybridized carbons (Fsp3) is 0. The Balaban J connectivity index is 3.32. The second kappa shape index (κ2) is 3.02. The van der Waals surface area contributed by atoms with Crippen LogP contribution in [0, 0.1) is 0 Å². The average molecular weight is 184 g/mol. The normalized spacial score (nSPS) is 9.64. The number of pyridine rings is 1. The molecule has 0 aliphatic rings. The van der Waals surface area contributed by atoms with Gasteiger partial charge < -0.3 is 5.73 Å². The molecule has 0 aromatic carbocycles. The van der Waals surface area contributed by atoms with Crippen molar-refractivity contribution in [3.05, 3.63) is 23.0 Å². The molecule has 1 aromatic rings. The molecule has 1 amide bonds. The van der Waals surface area contributed by atoms with Crippen molar-refractivity contribution in [3.8, 4) is 0 Å². The summed E-state index contributed by atoms with van der Waals surface area (Å²) < 4.78 is 0. The molecule has 2 N–H and O–H groups in total. The summed E-state index contributed by atoms with van der Waals surface area (Å²) in [5.41, 5.74) is 5.23. The Kier molecular flexibility index (Phi) is 2.26. The van der Waals surface area contributed by atoms with Gasteiger partial charge in [-0.05, 0) is 6.07 Å². The van der Waals surface area contributed by atoms with Crippen molar-refractivity contribution in [1.82, 2.24) is 4.98 Å².